The van der Waals surface area contributed by atoms with Crippen molar-refractivity contribution in [1.29, 1.82) is 0 Å². The summed E-state index contributed by atoms with van der Waals surface area (Å²) in [5, 5.41) is 23.4. The highest BCUT2D eigenvalue weighted by Crippen LogP contribution is 2.28. The summed E-state index contributed by atoms with van der Waals surface area (Å²) in [5.74, 6) is -12.6. The van der Waals surface area contributed by atoms with Gasteiger partial charge in [-0.15, -0.1) is 0 Å². The highest BCUT2D eigenvalue weighted by Gasteiger charge is 2.46. The van der Waals surface area contributed by atoms with Gasteiger partial charge in [-0.3, -0.25) is 62.3 Å². The normalized spacial score (nSPS) is 26.3. The summed E-state index contributed by atoms with van der Waals surface area (Å²) in [6.07, 6.45) is -0.952. The predicted octanol–water partition coefficient (Wildman–Crippen LogP) is 3.51. The van der Waals surface area contributed by atoms with Crippen LogP contribution in [0.15, 0.2) is 0 Å². The van der Waals surface area contributed by atoms with Gasteiger partial charge >= 0.3 is 0 Å². The fourth-order valence-electron chi connectivity index (χ4n) is 11.8. The minimum atomic E-state index is -1.75. The lowest BCUT2D eigenvalue weighted by atomic mass is 9.79. The molecule has 526 valence electrons. The van der Waals surface area contributed by atoms with Crippen LogP contribution in [-0.4, -0.2) is 238 Å². The summed E-state index contributed by atoms with van der Waals surface area (Å²) in [6, 6.07) is -11.6. The number of aliphatic hydroxyl groups excluding tert-OH is 1. The fourth-order valence-corrected chi connectivity index (χ4v) is 11.8. The molecule has 0 aliphatic carbocycles. The highest BCUT2D eigenvalue weighted by atomic mass is 16.3. The predicted molar refractivity (Wildman–Crippen MR) is 352 cm³/mol. The number of carbonyl (C=O) groups excluding carboxylic acids is 13. The van der Waals surface area contributed by atoms with Crippen molar-refractivity contribution in [1.82, 2.24) is 55.6 Å². The molecule has 1 aliphatic rings. The number of likely N-dealkylation sites (N-methyl/N-ethyl adjacent to an activating group) is 6. The van der Waals surface area contributed by atoms with Gasteiger partial charge in [0.05, 0.1) is 18.7 Å². The van der Waals surface area contributed by atoms with Crippen molar-refractivity contribution in [2.75, 3.05) is 61.9 Å². The van der Waals surface area contributed by atoms with E-state index in [1.807, 2.05) is 55.4 Å². The molecule has 1 saturated heterocycles. The van der Waals surface area contributed by atoms with Crippen LogP contribution in [-0.2, 0) is 62.3 Å². The maximum Gasteiger partial charge on any atom is 0.246 e. The molecule has 0 aromatic rings. The topological polar surface area (TPSA) is 313 Å². The van der Waals surface area contributed by atoms with Gasteiger partial charge in [0.15, 0.2) is 5.78 Å². The van der Waals surface area contributed by atoms with Crippen LogP contribution in [0.2, 0.25) is 0 Å². The standard InChI is InChI=1S/C67H119N11O14/c1-26-49-64(89)72(20)35-53(81)73(21)50(32-37(4)5)61(86)71-54(40(10)11)58(83)44(16)48(31-36(2)3)60(85)68-45(17)59(84)69-46(18)63(88)74(22)51(33-38(6)7)65(90)75(23)52(34-39(8)9)66(91)76(24)55(41(12)13)67(92)77(25)56(62(87)70-49)57(82)42(14)27-29-78(47(19)80)30-28-43(15)79/h36-42,44-46,48-52,54-57,82H,26-35H2,1-25H3,(H,68,85)(H,69,84)(H,70,87)(H,71,86)/t42-,44-,45+,46+,48-,49+,50+,51+,52+,54+,55?,56?,57-/m0/s1. The molecule has 0 aromatic carbocycles. The quantitative estimate of drug-likeness (QED) is 0.124. The summed E-state index contributed by atoms with van der Waals surface area (Å²) in [5.41, 5.74) is 0. The lowest BCUT2D eigenvalue weighted by Gasteiger charge is -2.41. The van der Waals surface area contributed by atoms with Crippen LogP contribution in [0.25, 0.3) is 0 Å². The number of nitrogens with one attached hydrogen (secondary N) is 4. The molecule has 11 amide bonds. The molecule has 0 aromatic heterocycles. The second kappa shape index (κ2) is 38.0. The lowest BCUT2D eigenvalue weighted by molar-refractivity contribution is -0.157. The number of rotatable bonds is 19. The van der Waals surface area contributed by atoms with Crippen LogP contribution in [0.3, 0.4) is 0 Å². The van der Waals surface area contributed by atoms with Crippen LogP contribution in [0.1, 0.15) is 176 Å². The largest absolute Gasteiger partial charge is 0.390 e. The molecule has 25 heteroatoms. The van der Waals surface area contributed by atoms with Crippen LogP contribution in [0.4, 0.5) is 0 Å². The maximum atomic E-state index is 15.4. The van der Waals surface area contributed by atoms with E-state index in [1.54, 1.807) is 48.5 Å². The number of ketones is 2. The Labute approximate surface area is 549 Å². The monoisotopic (exact) mass is 1300 g/mol. The second-order valence-electron chi connectivity index (χ2n) is 28.4. The number of aliphatic hydroxyl groups is 1. The van der Waals surface area contributed by atoms with Gasteiger partial charge < -0.3 is 60.7 Å². The van der Waals surface area contributed by atoms with E-state index in [0.717, 1.165) is 9.80 Å². The minimum absolute atomic E-state index is 0.0375. The lowest BCUT2D eigenvalue weighted by Crippen LogP contribution is -2.63. The van der Waals surface area contributed by atoms with Crippen LogP contribution >= 0.6 is 0 Å². The molecule has 25 nitrogen and oxygen atoms in total. The third-order valence-electron chi connectivity index (χ3n) is 17.7. The summed E-state index contributed by atoms with van der Waals surface area (Å²) in [7, 11) is 8.32. The van der Waals surface area contributed by atoms with Crippen LogP contribution < -0.4 is 21.3 Å². The van der Waals surface area contributed by atoms with E-state index >= 15 is 19.2 Å². The van der Waals surface area contributed by atoms with Gasteiger partial charge in [-0.2, -0.15) is 0 Å². The van der Waals surface area contributed by atoms with Crippen molar-refractivity contribution in [2.24, 2.45) is 53.3 Å². The molecular weight excluding hydrogens is 1180 g/mol. The van der Waals surface area contributed by atoms with Crippen LogP contribution in [0, 0.1) is 53.3 Å². The first-order chi connectivity index (χ1) is 42.4. The van der Waals surface area contributed by atoms with Gasteiger partial charge in [-0.1, -0.05) is 104 Å². The van der Waals surface area contributed by atoms with Gasteiger partial charge in [0.2, 0.25) is 65.0 Å². The molecular formula is C67H119N11O14. The Morgan fingerprint density at radius 3 is 1.43 bits per heavy atom. The van der Waals surface area contributed by atoms with E-state index < -0.39 is 161 Å². The third-order valence-corrected chi connectivity index (χ3v) is 17.7. The van der Waals surface area contributed by atoms with Crippen LogP contribution in [0.5, 0.6) is 0 Å². The maximum absolute atomic E-state index is 15.4. The highest BCUT2D eigenvalue weighted by molar-refractivity contribution is 6.00. The van der Waals surface area contributed by atoms with E-state index in [2.05, 4.69) is 21.3 Å². The first kappa shape index (κ1) is 83.5. The van der Waals surface area contributed by atoms with Gasteiger partial charge in [-0.25, -0.2) is 0 Å². The third kappa shape index (κ3) is 24.1. The van der Waals surface area contributed by atoms with Gasteiger partial charge in [-0.05, 0) is 101 Å². The van der Waals surface area contributed by atoms with E-state index in [-0.39, 0.29) is 93.4 Å². The average molecular weight is 1300 g/mol. The molecule has 5 N–H and O–H groups in total. The van der Waals surface area contributed by atoms with Gasteiger partial charge in [0, 0.05) is 80.6 Å². The van der Waals surface area contributed by atoms with Crippen molar-refractivity contribution < 1.29 is 67.4 Å². The molecule has 1 aliphatic heterocycles. The minimum Gasteiger partial charge on any atom is -0.390 e. The Morgan fingerprint density at radius 2 is 0.978 bits per heavy atom. The second-order valence-corrected chi connectivity index (χ2v) is 28.4. The smallest absolute Gasteiger partial charge is 0.246 e. The number of amides is 11. The van der Waals surface area contributed by atoms with Crippen molar-refractivity contribution in [3.63, 3.8) is 0 Å². The van der Waals surface area contributed by atoms with Gasteiger partial charge in [0.25, 0.3) is 0 Å². The zero-order valence-corrected chi connectivity index (χ0v) is 60.4. The zero-order valence-electron chi connectivity index (χ0n) is 60.4. The number of carbonyl (C=O) groups is 13. The molecule has 1 rings (SSSR count). The molecule has 13 atom stereocenters. The molecule has 0 bridgehead atoms. The van der Waals surface area contributed by atoms with E-state index in [4.69, 9.17) is 0 Å². The number of nitrogens with zero attached hydrogens (tertiary/aromatic N) is 7. The van der Waals surface area contributed by atoms with E-state index in [1.165, 1.54) is 94.5 Å². The summed E-state index contributed by atoms with van der Waals surface area (Å²) >= 11 is 0. The first-order valence-electron chi connectivity index (χ1n) is 33.1. The summed E-state index contributed by atoms with van der Waals surface area (Å²) in [4.78, 5) is 195. The van der Waals surface area contributed by atoms with E-state index in [9.17, 15) is 48.3 Å². The van der Waals surface area contributed by atoms with Crippen molar-refractivity contribution in [3.8, 4) is 0 Å². The Hall–Kier alpha value is -6.53. The van der Waals surface area contributed by atoms with Crippen molar-refractivity contribution in [2.45, 2.75) is 237 Å². The Bertz CT molecular complexity index is 2560. The number of Topliss-reactive ketones (excluding diaryl/α,β-unsaturated/α-hetero) is 2. The number of hydrogen-bond acceptors (Lipinski definition) is 14. The Kier molecular flexibility index (Phi) is 34.5. The molecule has 0 spiro atoms. The molecule has 92 heavy (non-hydrogen) atoms. The van der Waals surface area contributed by atoms with E-state index in [0.29, 0.717) is 0 Å². The average Bonchev–Trinajstić information content (AvgIpc) is 0.843. The molecule has 0 saturated carbocycles. The Morgan fingerprint density at radius 1 is 0.511 bits per heavy atom. The summed E-state index contributed by atoms with van der Waals surface area (Å²) < 4.78 is 0. The number of hydrogen-bond donors (Lipinski definition) is 5. The molecule has 1 fully saturated rings. The molecule has 0 radical (unpaired) electrons. The Balaban J connectivity index is 4.40. The first-order valence-corrected chi connectivity index (χ1v) is 33.1. The zero-order chi connectivity index (χ0) is 71.4. The van der Waals surface area contributed by atoms with Crippen molar-refractivity contribution in [3.05, 3.63) is 0 Å². The SMILES string of the molecule is CC[C@H]1NC(=O)C([C@@H](O)[C@@H](C)CCN(CCC(C)=O)C(C)=O)N(C)C(=O)C(C(C)C)N(C)C(=O)[C@@H](CC(C)C)N(C)C(=O)[C@@H](CC(C)C)N(C)C(=O)[C@@H](C)NC(=O)[C@@H](C)NC(=O)[C@@H](CC(C)C)[C@H](C)C(=O)[C@@H](C(C)C)NC(=O)[C@@H](CC(C)C)N(C)C(=O)CN(C)C1=O. The van der Waals surface area contributed by atoms with Crippen molar-refractivity contribution >= 4 is 76.5 Å². The molecule has 1 heterocycles. The summed E-state index contributed by atoms with van der Waals surface area (Å²) in [6.45, 7) is 31.8. The van der Waals surface area contributed by atoms with Gasteiger partial charge in [0.1, 0.15) is 54.1 Å². The fraction of sp³-hybridized carbons (Fsp3) is 0.806. The molecule has 2 unspecified atom stereocenters.